The summed E-state index contributed by atoms with van der Waals surface area (Å²) in [4.78, 5) is 29.4. The molecule has 2 fully saturated rings. The number of hydrogen-bond donors (Lipinski definition) is 0. The highest BCUT2D eigenvalue weighted by Crippen LogP contribution is 2.26. The zero-order chi connectivity index (χ0) is 18.8. The minimum Gasteiger partial charge on any atom is -0.465 e. The van der Waals surface area contributed by atoms with Crippen molar-refractivity contribution in [2.75, 3.05) is 33.3 Å². The molecule has 2 aliphatic heterocycles. The number of carbonyl (C=O) groups excluding carboxylic acids is 2. The van der Waals surface area contributed by atoms with E-state index in [0.29, 0.717) is 17.2 Å². The van der Waals surface area contributed by atoms with E-state index in [1.54, 1.807) is 6.07 Å². The number of hydrogen-bond acceptors (Lipinski definition) is 4. The Morgan fingerprint density at radius 2 is 1.78 bits per heavy atom. The summed E-state index contributed by atoms with van der Waals surface area (Å²) in [7, 11) is 1.38. The maximum absolute atomic E-state index is 12.9. The molecule has 140 valence electrons. The average Bonchev–Trinajstić information content (AvgIpc) is 3.20. The molecule has 1 amide bonds. The number of rotatable bonds is 3. The highest BCUT2D eigenvalue weighted by molar-refractivity contribution is 5.98. The first-order valence-corrected chi connectivity index (χ1v) is 9.48. The lowest BCUT2D eigenvalue weighted by molar-refractivity contribution is 0.0569. The second-order valence-corrected chi connectivity index (χ2v) is 7.20. The van der Waals surface area contributed by atoms with Gasteiger partial charge in [-0.2, -0.15) is 0 Å². The number of esters is 1. The largest absolute Gasteiger partial charge is 0.465 e. The molecule has 0 unspecified atom stereocenters. The summed E-state index contributed by atoms with van der Waals surface area (Å²) >= 11 is 0. The molecular formula is C22H24N2O3. The van der Waals surface area contributed by atoms with Crippen molar-refractivity contribution in [3.05, 3.63) is 59.7 Å². The number of piperazine rings is 1. The standard InChI is InChI=1S/C22H24N2O3/c1-27-22(26)20-7-3-2-6-19(20)16-8-10-17(11-9-16)21(25)24-14-13-23-12-4-5-18(23)15-24/h2-3,6-11,18H,4-5,12-15H2,1H3/t18-/m0/s1. The molecule has 5 heteroatoms. The normalized spacial score (nSPS) is 19.6. The summed E-state index contributed by atoms with van der Waals surface area (Å²) in [6.45, 7) is 3.76. The van der Waals surface area contributed by atoms with Crippen LogP contribution in [-0.2, 0) is 4.74 Å². The lowest BCUT2D eigenvalue weighted by Crippen LogP contribution is -2.52. The van der Waals surface area contributed by atoms with Crippen LogP contribution in [0.25, 0.3) is 11.1 Å². The Bertz CT molecular complexity index is 847. The number of nitrogens with zero attached hydrogens (tertiary/aromatic N) is 2. The van der Waals surface area contributed by atoms with Gasteiger partial charge < -0.3 is 9.64 Å². The van der Waals surface area contributed by atoms with Crippen LogP contribution in [0, 0.1) is 0 Å². The lowest BCUT2D eigenvalue weighted by atomic mass is 9.98. The number of methoxy groups -OCH3 is 1. The molecule has 0 bridgehead atoms. The van der Waals surface area contributed by atoms with E-state index in [0.717, 1.165) is 30.8 Å². The van der Waals surface area contributed by atoms with Gasteiger partial charge >= 0.3 is 5.97 Å². The minimum absolute atomic E-state index is 0.0920. The molecule has 0 aromatic heterocycles. The zero-order valence-corrected chi connectivity index (χ0v) is 15.6. The first-order chi connectivity index (χ1) is 13.2. The maximum atomic E-state index is 12.9. The van der Waals surface area contributed by atoms with Gasteiger partial charge in [0.05, 0.1) is 12.7 Å². The number of benzene rings is 2. The Balaban J connectivity index is 1.53. The highest BCUT2D eigenvalue weighted by atomic mass is 16.5. The highest BCUT2D eigenvalue weighted by Gasteiger charge is 2.32. The second-order valence-electron chi connectivity index (χ2n) is 7.20. The van der Waals surface area contributed by atoms with Crippen LogP contribution in [0.5, 0.6) is 0 Å². The number of fused-ring (bicyclic) bond motifs is 1. The number of amides is 1. The van der Waals surface area contributed by atoms with E-state index < -0.39 is 0 Å². The summed E-state index contributed by atoms with van der Waals surface area (Å²) in [5.74, 6) is -0.269. The molecule has 2 aromatic rings. The SMILES string of the molecule is COC(=O)c1ccccc1-c1ccc(C(=O)N2CCN3CCC[C@H]3C2)cc1. The lowest BCUT2D eigenvalue weighted by Gasteiger charge is -2.37. The smallest absolute Gasteiger partial charge is 0.338 e. The Labute approximate surface area is 159 Å². The van der Waals surface area contributed by atoms with Gasteiger partial charge in [-0.25, -0.2) is 4.79 Å². The third kappa shape index (κ3) is 3.47. The molecule has 27 heavy (non-hydrogen) atoms. The van der Waals surface area contributed by atoms with Crippen LogP contribution in [-0.4, -0.2) is 61.0 Å². The van der Waals surface area contributed by atoms with Gasteiger partial charge in [-0.05, 0) is 48.7 Å². The average molecular weight is 364 g/mol. The fraction of sp³-hybridized carbons (Fsp3) is 0.364. The quantitative estimate of drug-likeness (QED) is 0.786. The fourth-order valence-electron chi connectivity index (χ4n) is 4.17. The van der Waals surface area contributed by atoms with E-state index in [2.05, 4.69) is 4.90 Å². The summed E-state index contributed by atoms with van der Waals surface area (Å²) in [6, 6.07) is 15.4. The Kier molecular flexibility index (Phi) is 4.94. The van der Waals surface area contributed by atoms with Crippen LogP contribution >= 0.6 is 0 Å². The van der Waals surface area contributed by atoms with Crippen molar-refractivity contribution in [3.63, 3.8) is 0 Å². The molecule has 1 atom stereocenters. The van der Waals surface area contributed by atoms with Gasteiger partial charge in [0.15, 0.2) is 0 Å². The predicted octanol–water partition coefficient (Wildman–Crippen LogP) is 3.06. The first-order valence-electron chi connectivity index (χ1n) is 9.48. The first kappa shape index (κ1) is 17.7. The summed E-state index contributed by atoms with van der Waals surface area (Å²) in [6.07, 6.45) is 2.42. The zero-order valence-electron chi connectivity index (χ0n) is 15.6. The molecule has 0 N–H and O–H groups in total. The van der Waals surface area contributed by atoms with E-state index in [9.17, 15) is 9.59 Å². The molecule has 0 spiro atoms. The third-order valence-electron chi connectivity index (χ3n) is 5.65. The molecule has 0 saturated carbocycles. The van der Waals surface area contributed by atoms with Crippen LogP contribution in [0.2, 0.25) is 0 Å². The Morgan fingerprint density at radius 3 is 2.56 bits per heavy atom. The van der Waals surface area contributed by atoms with Crippen LogP contribution < -0.4 is 0 Å². The third-order valence-corrected chi connectivity index (χ3v) is 5.65. The van der Waals surface area contributed by atoms with Gasteiger partial charge in [-0.15, -0.1) is 0 Å². The van der Waals surface area contributed by atoms with Crippen LogP contribution in [0.1, 0.15) is 33.6 Å². The van der Waals surface area contributed by atoms with Crippen molar-refractivity contribution in [2.24, 2.45) is 0 Å². The van der Waals surface area contributed by atoms with Crippen molar-refractivity contribution >= 4 is 11.9 Å². The summed E-state index contributed by atoms with van der Waals surface area (Å²) in [5.41, 5.74) is 2.92. The Hall–Kier alpha value is -2.66. The monoisotopic (exact) mass is 364 g/mol. The van der Waals surface area contributed by atoms with Gasteiger partial charge in [0, 0.05) is 31.2 Å². The van der Waals surface area contributed by atoms with E-state index in [4.69, 9.17) is 4.74 Å². The summed E-state index contributed by atoms with van der Waals surface area (Å²) in [5, 5.41) is 0. The molecule has 2 aromatic carbocycles. The molecular weight excluding hydrogens is 340 g/mol. The van der Waals surface area contributed by atoms with Gasteiger partial charge in [-0.1, -0.05) is 30.3 Å². The van der Waals surface area contributed by atoms with Crippen molar-refractivity contribution in [1.29, 1.82) is 0 Å². The van der Waals surface area contributed by atoms with E-state index in [1.807, 2.05) is 47.4 Å². The van der Waals surface area contributed by atoms with Gasteiger partial charge in [0.1, 0.15) is 0 Å². The molecule has 2 aliphatic rings. The predicted molar refractivity (Wildman–Crippen MR) is 104 cm³/mol. The van der Waals surface area contributed by atoms with E-state index in [1.165, 1.54) is 26.5 Å². The second kappa shape index (κ2) is 7.53. The number of ether oxygens (including phenoxy) is 1. The summed E-state index contributed by atoms with van der Waals surface area (Å²) < 4.78 is 4.87. The maximum Gasteiger partial charge on any atom is 0.338 e. The van der Waals surface area contributed by atoms with Crippen LogP contribution in [0.15, 0.2) is 48.5 Å². The number of carbonyl (C=O) groups is 2. The van der Waals surface area contributed by atoms with Crippen molar-refractivity contribution in [2.45, 2.75) is 18.9 Å². The molecule has 2 heterocycles. The van der Waals surface area contributed by atoms with Gasteiger partial charge in [0.2, 0.25) is 0 Å². The molecule has 0 radical (unpaired) electrons. The van der Waals surface area contributed by atoms with Gasteiger partial charge in [-0.3, -0.25) is 9.69 Å². The molecule has 4 rings (SSSR count). The van der Waals surface area contributed by atoms with Crippen molar-refractivity contribution in [1.82, 2.24) is 9.80 Å². The van der Waals surface area contributed by atoms with Crippen molar-refractivity contribution < 1.29 is 14.3 Å². The molecule has 5 nitrogen and oxygen atoms in total. The topological polar surface area (TPSA) is 49.9 Å². The van der Waals surface area contributed by atoms with Crippen molar-refractivity contribution in [3.8, 4) is 11.1 Å². The fourth-order valence-corrected chi connectivity index (χ4v) is 4.17. The van der Waals surface area contributed by atoms with Crippen LogP contribution in [0.3, 0.4) is 0 Å². The Morgan fingerprint density at radius 1 is 1.00 bits per heavy atom. The van der Waals surface area contributed by atoms with Crippen LogP contribution in [0.4, 0.5) is 0 Å². The minimum atomic E-state index is -0.361. The van der Waals surface area contributed by atoms with E-state index in [-0.39, 0.29) is 11.9 Å². The van der Waals surface area contributed by atoms with E-state index >= 15 is 0 Å². The molecule has 2 saturated heterocycles. The van der Waals surface area contributed by atoms with Gasteiger partial charge in [0.25, 0.3) is 5.91 Å². The molecule has 0 aliphatic carbocycles.